The molecule has 9 heteroatoms. The lowest BCUT2D eigenvalue weighted by Gasteiger charge is -2.03. The maximum absolute atomic E-state index is 11.2. The van der Waals surface area contributed by atoms with E-state index in [0.29, 0.717) is 11.4 Å². The van der Waals surface area contributed by atoms with Crippen molar-refractivity contribution in [2.24, 2.45) is 10.2 Å². The van der Waals surface area contributed by atoms with E-state index in [1.165, 1.54) is 18.2 Å². The van der Waals surface area contributed by atoms with Gasteiger partial charge in [-0.1, -0.05) is 45.0 Å². The summed E-state index contributed by atoms with van der Waals surface area (Å²) in [6.07, 6.45) is 0. The summed E-state index contributed by atoms with van der Waals surface area (Å²) in [7, 11) is 3.17. The summed E-state index contributed by atoms with van der Waals surface area (Å²) in [6.45, 7) is 0.174. The molecule has 0 bridgehead atoms. The fraction of sp³-hybridized carbons (Fsp3) is 0. The molecular weight excluding hydrogens is 392 g/mol. The fourth-order valence-electron chi connectivity index (χ4n) is 2.08. The SMILES string of the molecule is O=COc1ccc(N=Nc2ccc(-c3cc(=S)ss3)cc2)cc1C(=O)O. The fourth-order valence-corrected chi connectivity index (χ4v) is 4.48. The quantitative estimate of drug-likeness (QED) is 0.242. The zero-order valence-corrected chi connectivity index (χ0v) is 15.4. The first-order chi connectivity index (χ1) is 12.6. The van der Waals surface area contributed by atoms with E-state index < -0.39 is 5.97 Å². The first-order valence-corrected chi connectivity index (χ1v) is 9.72. The molecule has 0 atom stereocenters. The van der Waals surface area contributed by atoms with Crippen molar-refractivity contribution >= 4 is 56.7 Å². The van der Waals surface area contributed by atoms with Crippen molar-refractivity contribution < 1.29 is 19.4 Å². The van der Waals surface area contributed by atoms with Crippen LogP contribution >= 0.6 is 32.9 Å². The topological polar surface area (TPSA) is 88.3 Å². The summed E-state index contributed by atoms with van der Waals surface area (Å²) < 4.78 is 5.49. The average molecular weight is 402 g/mol. The van der Waals surface area contributed by atoms with Crippen molar-refractivity contribution in [1.82, 2.24) is 0 Å². The highest BCUT2D eigenvalue weighted by Crippen LogP contribution is 2.31. The van der Waals surface area contributed by atoms with Gasteiger partial charge in [0.05, 0.1) is 11.4 Å². The van der Waals surface area contributed by atoms with Gasteiger partial charge in [0, 0.05) is 4.88 Å². The van der Waals surface area contributed by atoms with Gasteiger partial charge >= 0.3 is 5.97 Å². The monoisotopic (exact) mass is 402 g/mol. The Morgan fingerprint density at radius 3 is 2.35 bits per heavy atom. The van der Waals surface area contributed by atoms with E-state index in [9.17, 15) is 9.59 Å². The average Bonchev–Trinajstić information content (AvgIpc) is 3.08. The van der Waals surface area contributed by atoms with Crippen LogP contribution in [-0.4, -0.2) is 17.5 Å². The van der Waals surface area contributed by atoms with E-state index in [-0.39, 0.29) is 17.8 Å². The van der Waals surface area contributed by atoms with Crippen molar-refractivity contribution in [1.29, 1.82) is 0 Å². The molecule has 0 aliphatic rings. The standard InChI is InChI=1S/C17H10N2O4S3/c20-9-23-14-6-5-12(7-13(14)17(21)22)19-18-11-3-1-10(2-4-11)15-8-16(24)26-25-15/h1-9H,(H,21,22). The van der Waals surface area contributed by atoms with Crippen molar-refractivity contribution in [3.05, 3.63) is 57.9 Å². The minimum atomic E-state index is -1.22. The molecule has 1 N–H and O–H groups in total. The number of aromatic carboxylic acids is 1. The lowest BCUT2D eigenvalue weighted by atomic mass is 10.2. The van der Waals surface area contributed by atoms with Crippen LogP contribution in [-0.2, 0) is 4.79 Å². The highest BCUT2D eigenvalue weighted by molar-refractivity contribution is 7.80. The number of carboxylic acids is 1. The van der Waals surface area contributed by atoms with E-state index in [1.807, 2.05) is 30.3 Å². The molecule has 26 heavy (non-hydrogen) atoms. The van der Waals surface area contributed by atoms with Crippen LogP contribution in [0.15, 0.2) is 58.8 Å². The Bertz CT molecular complexity index is 1040. The van der Waals surface area contributed by atoms with E-state index in [4.69, 9.17) is 17.3 Å². The van der Waals surface area contributed by atoms with Crippen molar-refractivity contribution in [2.75, 3.05) is 0 Å². The number of hydrogen-bond acceptors (Lipinski definition) is 8. The number of benzene rings is 2. The second-order valence-electron chi connectivity index (χ2n) is 4.94. The highest BCUT2D eigenvalue weighted by Gasteiger charge is 2.12. The number of ether oxygens (including phenoxy) is 1. The van der Waals surface area contributed by atoms with Gasteiger partial charge in [-0.3, -0.25) is 4.79 Å². The van der Waals surface area contributed by atoms with Gasteiger partial charge in [-0.05, 0) is 42.0 Å². The molecule has 130 valence electrons. The summed E-state index contributed by atoms with van der Waals surface area (Å²) in [5.41, 5.74) is 1.84. The number of rotatable bonds is 6. The smallest absolute Gasteiger partial charge is 0.339 e. The third kappa shape index (κ3) is 4.26. The Morgan fingerprint density at radius 2 is 1.73 bits per heavy atom. The van der Waals surface area contributed by atoms with Gasteiger partial charge in [0.2, 0.25) is 0 Å². The van der Waals surface area contributed by atoms with Crippen LogP contribution in [0, 0.1) is 3.82 Å². The number of carbonyl (C=O) groups excluding carboxylic acids is 1. The number of carboxylic acid groups (broad SMARTS) is 1. The molecule has 0 saturated heterocycles. The normalized spacial score (nSPS) is 10.8. The molecule has 0 aliphatic heterocycles. The van der Waals surface area contributed by atoms with Gasteiger partial charge in [0.15, 0.2) is 0 Å². The van der Waals surface area contributed by atoms with Gasteiger partial charge in [0.1, 0.15) is 15.1 Å². The van der Waals surface area contributed by atoms with Crippen LogP contribution in [0.5, 0.6) is 5.75 Å². The van der Waals surface area contributed by atoms with Gasteiger partial charge < -0.3 is 9.84 Å². The predicted molar refractivity (Wildman–Crippen MR) is 103 cm³/mol. The number of carbonyl (C=O) groups is 2. The van der Waals surface area contributed by atoms with Crippen LogP contribution in [0.1, 0.15) is 10.4 Å². The minimum Gasteiger partial charge on any atom is -0.478 e. The Labute approximate surface area is 160 Å². The zero-order valence-electron chi connectivity index (χ0n) is 13.0. The van der Waals surface area contributed by atoms with Crippen LogP contribution in [0.3, 0.4) is 0 Å². The number of nitrogens with zero attached hydrogens (tertiary/aromatic N) is 2. The van der Waals surface area contributed by atoms with E-state index in [1.54, 1.807) is 20.7 Å². The van der Waals surface area contributed by atoms with Crippen molar-refractivity contribution in [3.8, 4) is 16.2 Å². The van der Waals surface area contributed by atoms with E-state index in [0.717, 1.165) is 14.3 Å². The van der Waals surface area contributed by atoms with Crippen LogP contribution in [0.2, 0.25) is 0 Å². The second-order valence-corrected chi connectivity index (χ2v) is 7.85. The molecule has 0 unspecified atom stereocenters. The Balaban J connectivity index is 1.81. The highest BCUT2D eigenvalue weighted by atomic mass is 32.9. The third-order valence-corrected chi connectivity index (χ3v) is 6.17. The predicted octanol–water partition coefficient (Wildman–Crippen LogP) is 5.85. The molecule has 1 heterocycles. The summed E-state index contributed by atoms with van der Waals surface area (Å²) >= 11 is 5.13. The summed E-state index contributed by atoms with van der Waals surface area (Å²) in [4.78, 5) is 22.7. The molecule has 0 spiro atoms. The molecule has 6 nitrogen and oxygen atoms in total. The molecular formula is C17H10N2O4S3. The Morgan fingerprint density at radius 1 is 1.04 bits per heavy atom. The number of azo groups is 1. The lowest BCUT2D eigenvalue weighted by Crippen LogP contribution is -2.01. The molecule has 1 aromatic heterocycles. The Kier molecular flexibility index (Phi) is 5.61. The van der Waals surface area contributed by atoms with Crippen LogP contribution in [0.25, 0.3) is 10.4 Å². The van der Waals surface area contributed by atoms with Crippen LogP contribution in [0.4, 0.5) is 11.4 Å². The van der Waals surface area contributed by atoms with Crippen molar-refractivity contribution in [2.45, 2.75) is 0 Å². The molecule has 2 aromatic carbocycles. The third-order valence-electron chi connectivity index (χ3n) is 3.26. The molecule has 0 radical (unpaired) electrons. The molecule has 3 aromatic rings. The first-order valence-electron chi connectivity index (χ1n) is 7.17. The minimum absolute atomic E-state index is 0.0473. The molecule has 0 saturated carbocycles. The molecule has 0 fully saturated rings. The van der Waals surface area contributed by atoms with Crippen LogP contribution < -0.4 is 4.74 Å². The van der Waals surface area contributed by atoms with Gasteiger partial charge in [-0.25, -0.2) is 4.79 Å². The lowest BCUT2D eigenvalue weighted by molar-refractivity contribution is -0.120. The van der Waals surface area contributed by atoms with Gasteiger partial charge in [-0.15, -0.1) is 0 Å². The van der Waals surface area contributed by atoms with Crippen molar-refractivity contribution in [3.63, 3.8) is 0 Å². The Hall–Kier alpha value is -2.75. The molecule has 3 rings (SSSR count). The van der Waals surface area contributed by atoms with E-state index in [2.05, 4.69) is 15.0 Å². The zero-order chi connectivity index (χ0) is 18.5. The van der Waals surface area contributed by atoms with Gasteiger partial charge in [0.25, 0.3) is 6.47 Å². The van der Waals surface area contributed by atoms with Gasteiger partial charge in [-0.2, -0.15) is 10.2 Å². The molecule has 0 aliphatic carbocycles. The second kappa shape index (κ2) is 8.09. The maximum atomic E-state index is 11.2. The maximum Gasteiger partial charge on any atom is 0.339 e. The summed E-state index contributed by atoms with van der Waals surface area (Å²) in [6, 6.07) is 13.6. The number of hydrogen-bond donors (Lipinski definition) is 1. The summed E-state index contributed by atoms with van der Waals surface area (Å²) in [5.74, 6) is -1.27. The largest absolute Gasteiger partial charge is 0.478 e. The van der Waals surface area contributed by atoms with E-state index >= 15 is 0 Å². The first kappa shape index (κ1) is 18.1. The summed E-state index contributed by atoms with van der Waals surface area (Å²) in [5, 5.41) is 17.3. The molecule has 0 amide bonds.